The fourth-order valence-electron chi connectivity index (χ4n) is 1.10. The monoisotopic (exact) mass is 208 g/mol. The van der Waals surface area contributed by atoms with Gasteiger partial charge >= 0.3 is 6.03 Å². The zero-order chi connectivity index (χ0) is 11.1. The van der Waals surface area contributed by atoms with Crippen LogP contribution in [0.5, 0.6) is 0 Å². The van der Waals surface area contributed by atoms with Crippen molar-refractivity contribution >= 4 is 11.7 Å². The second-order valence-corrected chi connectivity index (χ2v) is 3.02. The number of benzene rings is 1. The first-order valence-corrected chi connectivity index (χ1v) is 4.99. The highest BCUT2D eigenvalue weighted by molar-refractivity contribution is 5.89. The maximum absolute atomic E-state index is 11.5. The van der Waals surface area contributed by atoms with E-state index in [1.807, 2.05) is 37.3 Å². The summed E-state index contributed by atoms with van der Waals surface area (Å²) in [4.78, 5) is 16.9. The molecule has 2 amide bonds. The number of carbonyl (C=O) groups is 1. The van der Waals surface area contributed by atoms with Crippen LogP contribution >= 0.6 is 0 Å². The number of hydrogen-bond acceptors (Lipinski definition) is 2. The zero-order valence-electron chi connectivity index (χ0n) is 9.06. The summed E-state index contributed by atoms with van der Waals surface area (Å²) in [6, 6.07) is 9.00. The molecule has 0 atom stereocenters. The molecule has 0 saturated heterocycles. The lowest BCUT2D eigenvalue weighted by Crippen LogP contribution is -2.38. The number of nitrogens with one attached hydrogen (secondary N) is 1. The van der Waals surface area contributed by atoms with E-state index in [2.05, 4.69) is 5.32 Å². The molecule has 0 fully saturated rings. The van der Waals surface area contributed by atoms with Crippen molar-refractivity contribution < 1.29 is 9.63 Å². The molecule has 0 aliphatic carbocycles. The molecule has 0 saturated carbocycles. The summed E-state index contributed by atoms with van der Waals surface area (Å²) in [5.74, 6) is 0. The number of anilines is 1. The highest BCUT2D eigenvalue weighted by Crippen LogP contribution is 2.13. The molecule has 0 spiro atoms. The summed E-state index contributed by atoms with van der Waals surface area (Å²) < 4.78 is 0. The number of para-hydroxylation sites is 1. The molecule has 1 aromatic carbocycles. The molecular weight excluding hydrogens is 192 g/mol. The Bertz CT molecular complexity index is 301. The highest BCUT2D eigenvalue weighted by Gasteiger charge is 2.13. The number of hydrogen-bond donors (Lipinski definition) is 1. The molecule has 4 nitrogen and oxygen atoms in total. The molecule has 1 aromatic rings. The summed E-state index contributed by atoms with van der Waals surface area (Å²) in [5.41, 5.74) is 0.727. The van der Waals surface area contributed by atoms with Gasteiger partial charge in [-0.1, -0.05) is 25.1 Å². The molecule has 82 valence electrons. The van der Waals surface area contributed by atoms with Crippen molar-refractivity contribution in [1.82, 2.24) is 5.32 Å². The lowest BCUT2D eigenvalue weighted by molar-refractivity contribution is 0.118. The van der Waals surface area contributed by atoms with E-state index >= 15 is 0 Å². The predicted octanol–water partition coefficient (Wildman–Crippen LogP) is 2.17. The molecule has 1 N–H and O–H groups in total. The van der Waals surface area contributed by atoms with Gasteiger partial charge in [0, 0.05) is 7.05 Å². The van der Waals surface area contributed by atoms with Crippen LogP contribution in [-0.4, -0.2) is 19.7 Å². The number of hydroxylamine groups is 1. The Morgan fingerprint density at radius 1 is 1.40 bits per heavy atom. The third-order valence-electron chi connectivity index (χ3n) is 1.81. The highest BCUT2D eigenvalue weighted by atomic mass is 16.7. The Hall–Kier alpha value is -1.55. The Morgan fingerprint density at radius 2 is 2.07 bits per heavy atom. The standard InChI is InChI=1S/C11H16N2O2/c1-3-9-15-13(11(14)12-2)10-7-5-4-6-8-10/h4-8H,3,9H2,1-2H3,(H,12,14). The van der Waals surface area contributed by atoms with Gasteiger partial charge in [-0.15, -0.1) is 0 Å². The van der Waals surface area contributed by atoms with Gasteiger partial charge in [-0.3, -0.25) is 4.84 Å². The van der Waals surface area contributed by atoms with E-state index in [9.17, 15) is 4.79 Å². The smallest absolute Gasteiger partial charge is 0.339 e. The van der Waals surface area contributed by atoms with E-state index in [0.717, 1.165) is 12.1 Å². The lowest BCUT2D eigenvalue weighted by Gasteiger charge is -2.20. The van der Waals surface area contributed by atoms with Crippen LogP contribution in [0.4, 0.5) is 10.5 Å². The van der Waals surface area contributed by atoms with Crippen LogP contribution in [0.2, 0.25) is 0 Å². The number of carbonyl (C=O) groups excluding carboxylic acids is 1. The van der Waals surface area contributed by atoms with Crippen LogP contribution < -0.4 is 10.4 Å². The van der Waals surface area contributed by atoms with E-state index in [1.165, 1.54) is 5.06 Å². The summed E-state index contributed by atoms with van der Waals surface area (Å²) in [5, 5.41) is 3.80. The minimum atomic E-state index is -0.269. The molecule has 0 aromatic heterocycles. The van der Waals surface area contributed by atoms with Crippen LogP contribution in [0.1, 0.15) is 13.3 Å². The zero-order valence-corrected chi connectivity index (χ0v) is 9.06. The Kier molecular flexibility index (Phi) is 4.63. The van der Waals surface area contributed by atoms with Crippen molar-refractivity contribution in [2.75, 3.05) is 18.7 Å². The van der Waals surface area contributed by atoms with Gasteiger partial charge in [-0.2, -0.15) is 5.06 Å². The predicted molar refractivity (Wildman–Crippen MR) is 59.6 cm³/mol. The fraction of sp³-hybridized carbons (Fsp3) is 0.364. The first-order chi connectivity index (χ1) is 7.29. The topological polar surface area (TPSA) is 41.6 Å². The van der Waals surface area contributed by atoms with Crippen LogP contribution in [-0.2, 0) is 4.84 Å². The van der Waals surface area contributed by atoms with Gasteiger partial charge in [0.2, 0.25) is 0 Å². The largest absolute Gasteiger partial charge is 0.345 e. The van der Waals surface area contributed by atoms with Crippen molar-refractivity contribution in [2.45, 2.75) is 13.3 Å². The second-order valence-electron chi connectivity index (χ2n) is 3.02. The van der Waals surface area contributed by atoms with E-state index in [0.29, 0.717) is 6.61 Å². The summed E-state index contributed by atoms with van der Waals surface area (Å²) in [6.45, 7) is 2.51. The van der Waals surface area contributed by atoms with Gasteiger partial charge in [0.1, 0.15) is 0 Å². The van der Waals surface area contributed by atoms with Gasteiger partial charge < -0.3 is 5.32 Å². The lowest BCUT2D eigenvalue weighted by atomic mass is 10.3. The maximum Gasteiger partial charge on any atom is 0.345 e. The minimum Gasteiger partial charge on any atom is -0.339 e. The van der Waals surface area contributed by atoms with Gasteiger partial charge in [0.05, 0.1) is 12.3 Å². The quantitative estimate of drug-likeness (QED) is 0.770. The maximum atomic E-state index is 11.5. The molecule has 0 unspecified atom stereocenters. The van der Waals surface area contributed by atoms with Crippen LogP contribution in [0.25, 0.3) is 0 Å². The molecule has 1 rings (SSSR count). The van der Waals surface area contributed by atoms with Crippen LogP contribution in [0.15, 0.2) is 30.3 Å². The number of urea groups is 1. The van der Waals surface area contributed by atoms with Gasteiger partial charge in [-0.25, -0.2) is 4.79 Å². The Labute approximate surface area is 89.8 Å². The van der Waals surface area contributed by atoms with Crippen molar-refractivity contribution in [3.63, 3.8) is 0 Å². The summed E-state index contributed by atoms with van der Waals surface area (Å²) >= 11 is 0. The van der Waals surface area contributed by atoms with Crippen molar-refractivity contribution in [1.29, 1.82) is 0 Å². The molecule has 0 heterocycles. The van der Waals surface area contributed by atoms with E-state index in [1.54, 1.807) is 7.05 Å². The van der Waals surface area contributed by atoms with Gasteiger partial charge in [0.15, 0.2) is 0 Å². The number of rotatable bonds is 4. The van der Waals surface area contributed by atoms with E-state index < -0.39 is 0 Å². The normalized spacial score (nSPS) is 9.73. The summed E-state index contributed by atoms with van der Waals surface area (Å²) in [6.07, 6.45) is 0.861. The van der Waals surface area contributed by atoms with Crippen molar-refractivity contribution in [2.24, 2.45) is 0 Å². The number of nitrogens with zero attached hydrogens (tertiary/aromatic N) is 1. The second kappa shape index (κ2) is 6.03. The first-order valence-electron chi connectivity index (χ1n) is 4.99. The minimum absolute atomic E-state index is 0.269. The average Bonchev–Trinajstić information content (AvgIpc) is 2.30. The molecule has 15 heavy (non-hydrogen) atoms. The van der Waals surface area contributed by atoms with Crippen molar-refractivity contribution in [3.05, 3.63) is 30.3 Å². The van der Waals surface area contributed by atoms with Crippen LogP contribution in [0, 0.1) is 0 Å². The van der Waals surface area contributed by atoms with Gasteiger partial charge in [-0.05, 0) is 18.6 Å². The average molecular weight is 208 g/mol. The van der Waals surface area contributed by atoms with Gasteiger partial charge in [0.25, 0.3) is 0 Å². The Balaban J connectivity index is 2.76. The fourth-order valence-corrected chi connectivity index (χ4v) is 1.10. The molecule has 0 aliphatic heterocycles. The Morgan fingerprint density at radius 3 is 2.60 bits per heavy atom. The van der Waals surface area contributed by atoms with E-state index in [4.69, 9.17) is 4.84 Å². The van der Waals surface area contributed by atoms with Crippen molar-refractivity contribution in [3.8, 4) is 0 Å². The van der Waals surface area contributed by atoms with Crippen LogP contribution in [0.3, 0.4) is 0 Å². The summed E-state index contributed by atoms with van der Waals surface area (Å²) in [7, 11) is 1.58. The third kappa shape index (κ3) is 3.25. The molecule has 0 radical (unpaired) electrons. The molecular formula is C11H16N2O2. The number of amides is 2. The molecule has 0 bridgehead atoms. The first kappa shape index (κ1) is 11.5. The molecule has 0 aliphatic rings. The van der Waals surface area contributed by atoms with E-state index in [-0.39, 0.29) is 6.03 Å². The SMILES string of the molecule is CCCON(C(=O)NC)c1ccccc1. The third-order valence-corrected chi connectivity index (χ3v) is 1.81. The molecule has 4 heteroatoms.